The van der Waals surface area contributed by atoms with Crippen LogP contribution in [0.15, 0.2) is 0 Å². The minimum atomic E-state index is -1.11. The maximum absolute atomic E-state index is 8.50. The van der Waals surface area contributed by atoms with Crippen molar-refractivity contribution in [2.75, 3.05) is 90.8 Å². The molecule has 0 amide bonds. The van der Waals surface area contributed by atoms with E-state index in [1.54, 1.807) is 0 Å². The van der Waals surface area contributed by atoms with Gasteiger partial charge in [-0.3, -0.25) is 0 Å². The van der Waals surface area contributed by atoms with Gasteiger partial charge in [-0.25, -0.2) is 0 Å². The van der Waals surface area contributed by atoms with Crippen molar-refractivity contribution < 1.29 is 61.3 Å². The van der Waals surface area contributed by atoms with E-state index in [1.165, 1.54) is 217 Å². The molecule has 12 nitrogen and oxygen atoms in total. The predicted octanol–water partition coefficient (Wildman–Crippen LogP) is 8.72. The van der Waals surface area contributed by atoms with Gasteiger partial charge in [0.15, 0.2) is 0 Å². The third-order valence-electron chi connectivity index (χ3n) is 12.3. The van der Waals surface area contributed by atoms with Crippen molar-refractivity contribution in [1.82, 2.24) is 0 Å². The first-order valence-electron chi connectivity index (χ1n) is 26.2. The fourth-order valence-corrected chi connectivity index (χ4v) is 8.73. The number of rotatable bonds is 47. The summed E-state index contributed by atoms with van der Waals surface area (Å²) in [6.45, 7) is -0.260. The Hall–Kier alpha value is 0.220. The summed E-state index contributed by atoms with van der Waals surface area (Å²) in [5.74, 6) is 2.75. The molecule has 0 spiro atoms. The molecule has 0 aromatic rings. The van der Waals surface area contributed by atoms with E-state index in [1.807, 2.05) is 0 Å². The van der Waals surface area contributed by atoms with Crippen LogP contribution in [0.3, 0.4) is 0 Å². The SMILES string of the molecule is CCCCCCCCCCCCCCCCCCSSCCCCCCCCCCCCCCCCCC.OCC(CO)(CO)CO.OCC(CO)(CO)CO.OCC(CO)(CO)CO. The minimum absolute atomic E-state index is 0.406. The first-order chi connectivity index (χ1) is 31.6. The molecule has 0 saturated heterocycles. The molecular formula is C51H110O12S2. The first kappa shape index (κ1) is 71.8. The van der Waals surface area contributed by atoms with Gasteiger partial charge in [0, 0.05) is 11.5 Å². The molecule has 0 rings (SSSR count). The van der Waals surface area contributed by atoms with E-state index < -0.39 is 95.5 Å². The number of unbranched alkanes of at least 4 members (excludes halogenated alkanes) is 30. The van der Waals surface area contributed by atoms with E-state index in [0.717, 1.165) is 0 Å². The van der Waals surface area contributed by atoms with Gasteiger partial charge < -0.3 is 61.3 Å². The third-order valence-corrected chi connectivity index (χ3v) is 14.8. The molecule has 398 valence electrons. The highest BCUT2D eigenvalue weighted by Gasteiger charge is 2.28. The molecule has 0 bridgehead atoms. The average Bonchev–Trinajstić information content (AvgIpc) is 3.35. The highest BCUT2D eigenvalue weighted by atomic mass is 33.1. The molecule has 0 unspecified atom stereocenters. The molecule has 0 aliphatic rings. The van der Waals surface area contributed by atoms with Gasteiger partial charge in [-0.2, -0.15) is 0 Å². The maximum Gasteiger partial charge on any atom is 0.0627 e. The maximum atomic E-state index is 8.50. The Balaban J connectivity index is -0.000000549. The summed E-state index contributed by atoms with van der Waals surface area (Å²) in [5.41, 5.74) is -3.33. The van der Waals surface area contributed by atoms with Crippen LogP contribution >= 0.6 is 21.6 Å². The van der Waals surface area contributed by atoms with Crippen LogP contribution < -0.4 is 0 Å². The Bertz CT molecular complexity index is 701. The van der Waals surface area contributed by atoms with Gasteiger partial charge in [-0.15, -0.1) is 0 Å². The zero-order chi connectivity index (χ0) is 49.4. The third kappa shape index (κ3) is 49.0. The number of aliphatic hydroxyl groups excluding tert-OH is 12. The highest BCUT2D eigenvalue weighted by Crippen LogP contribution is 2.25. The van der Waals surface area contributed by atoms with Crippen molar-refractivity contribution in [3.8, 4) is 0 Å². The highest BCUT2D eigenvalue weighted by molar-refractivity contribution is 8.76. The fourth-order valence-electron chi connectivity index (χ4n) is 6.44. The van der Waals surface area contributed by atoms with Crippen LogP contribution in [0.5, 0.6) is 0 Å². The lowest BCUT2D eigenvalue weighted by Gasteiger charge is -2.23. The summed E-state index contributed by atoms with van der Waals surface area (Å²) in [6.07, 6.45) is 47.0. The van der Waals surface area contributed by atoms with E-state index in [4.69, 9.17) is 61.3 Å². The van der Waals surface area contributed by atoms with Crippen molar-refractivity contribution in [3.05, 3.63) is 0 Å². The average molecular weight is 980 g/mol. The predicted molar refractivity (Wildman–Crippen MR) is 276 cm³/mol. The number of hydrogen-bond acceptors (Lipinski definition) is 14. The van der Waals surface area contributed by atoms with Crippen molar-refractivity contribution >= 4 is 21.6 Å². The second-order valence-electron chi connectivity index (χ2n) is 18.6. The number of aliphatic hydroxyl groups is 12. The van der Waals surface area contributed by atoms with Gasteiger partial charge in [0.25, 0.3) is 0 Å². The van der Waals surface area contributed by atoms with Crippen molar-refractivity contribution in [2.45, 2.75) is 219 Å². The normalized spacial score (nSPS) is 11.7. The lowest BCUT2D eigenvalue weighted by Crippen LogP contribution is -2.37. The van der Waals surface area contributed by atoms with Gasteiger partial charge in [-0.1, -0.05) is 228 Å². The molecule has 14 heteroatoms. The van der Waals surface area contributed by atoms with E-state index in [2.05, 4.69) is 35.4 Å². The van der Waals surface area contributed by atoms with E-state index >= 15 is 0 Å². The topological polar surface area (TPSA) is 243 Å². The van der Waals surface area contributed by atoms with Gasteiger partial charge in [0.2, 0.25) is 0 Å². The largest absolute Gasteiger partial charge is 0.396 e. The van der Waals surface area contributed by atoms with E-state index in [9.17, 15) is 0 Å². The summed E-state index contributed by atoms with van der Waals surface area (Å²) in [4.78, 5) is 0. The summed E-state index contributed by atoms with van der Waals surface area (Å²) in [6, 6.07) is 0. The molecule has 0 saturated carbocycles. The van der Waals surface area contributed by atoms with Crippen LogP contribution in [0.4, 0.5) is 0 Å². The zero-order valence-corrected chi connectivity index (χ0v) is 43.8. The molecule has 0 aliphatic carbocycles. The number of hydrogen-bond donors (Lipinski definition) is 12. The first-order valence-corrected chi connectivity index (χ1v) is 28.7. The van der Waals surface area contributed by atoms with Crippen molar-refractivity contribution in [3.63, 3.8) is 0 Å². The van der Waals surface area contributed by atoms with Gasteiger partial charge >= 0.3 is 0 Å². The Morgan fingerprint density at radius 1 is 0.200 bits per heavy atom. The Morgan fingerprint density at radius 2 is 0.323 bits per heavy atom. The summed E-state index contributed by atoms with van der Waals surface area (Å²) in [5, 5.41) is 102. The lowest BCUT2D eigenvalue weighted by atomic mass is 9.93. The summed E-state index contributed by atoms with van der Waals surface area (Å²) >= 11 is 0. The Kier molecular flexibility index (Phi) is 64.6. The molecule has 0 aromatic heterocycles. The molecule has 0 radical (unpaired) electrons. The van der Waals surface area contributed by atoms with Crippen LogP contribution in [-0.4, -0.2) is 152 Å². The van der Waals surface area contributed by atoms with Gasteiger partial charge in [0.05, 0.1) is 95.5 Å². The van der Waals surface area contributed by atoms with Crippen LogP contribution in [0, 0.1) is 16.2 Å². The lowest BCUT2D eigenvalue weighted by molar-refractivity contribution is -0.0332. The van der Waals surface area contributed by atoms with Crippen molar-refractivity contribution in [2.24, 2.45) is 16.2 Å². The van der Waals surface area contributed by atoms with E-state index in [0.29, 0.717) is 0 Å². The van der Waals surface area contributed by atoms with Crippen LogP contribution in [0.1, 0.15) is 219 Å². The Morgan fingerprint density at radius 3 is 0.431 bits per heavy atom. The molecule has 12 N–H and O–H groups in total. The minimum Gasteiger partial charge on any atom is -0.396 e. The van der Waals surface area contributed by atoms with Gasteiger partial charge in [-0.05, 0) is 12.8 Å². The monoisotopic (exact) mass is 979 g/mol. The zero-order valence-electron chi connectivity index (χ0n) is 42.2. The fraction of sp³-hybridized carbons (Fsp3) is 1.00. The van der Waals surface area contributed by atoms with E-state index in [-0.39, 0.29) is 0 Å². The molecule has 0 aromatic carbocycles. The van der Waals surface area contributed by atoms with Gasteiger partial charge in [0.1, 0.15) is 0 Å². The molecule has 0 aliphatic heterocycles. The molecular weight excluding hydrogens is 869 g/mol. The van der Waals surface area contributed by atoms with Crippen LogP contribution in [0.2, 0.25) is 0 Å². The van der Waals surface area contributed by atoms with Crippen LogP contribution in [0.25, 0.3) is 0 Å². The molecule has 0 atom stereocenters. The Labute approximate surface area is 407 Å². The molecule has 0 heterocycles. The molecule has 0 fully saturated rings. The smallest absolute Gasteiger partial charge is 0.0627 e. The van der Waals surface area contributed by atoms with Crippen molar-refractivity contribution in [1.29, 1.82) is 0 Å². The second-order valence-corrected chi connectivity index (χ2v) is 21.4. The second kappa shape index (κ2) is 58.5. The molecule has 65 heavy (non-hydrogen) atoms. The van der Waals surface area contributed by atoms with Crippen LogP contribution in [-0.2, 0) is 0 Å². The standard InChI is InChI=1S/C36H74S2.3C5H12O4/c1-3-5-7-9-11-13-15-17-19-21-23-25-27-29-31-33-35-37-38-36-34-32-30-28-26-24-22-20-18-16-14-12-10-8-6-4-2;3*6-1-5(2-7,3-8)4-9/h3-36H2,1-2H3;3*6-9H,1-4H2. The quantitative estimate of drug-likeness (QED) is 0.0202. The summed E-state index contributed by atoms with van der Waals surface area (Å²) in [7, 11) is 4.29. The summed E-state index contributed by atoms with van der Waals surface area (Å²) < 4.78 is 0.